The minimum atomic E-state index is -0.0919. The minimum Gasteiger partial charge on any atom is -0.466 e. The van der Waals surface area contributed by atoms with Crippen LogP contribution in [0.2, 0.25) is 0 Å². The highest BCUT2D eigenvalue weighted by molar-refractivity contribution is 5.70. The number of carbonyl (C=O) groups is 2. The topological polar surface area (TPSA) is 59.1 Å². The Bertz CT molecular complexity index is 496. The summed E-state index contributed by atoms with van der Waals surface area (Å²) in [5, 5.41) is 0. The van der Waals surface area contributed by atoms with Gasteiger partial charge in [-0.05, 0) is 52.2 Å². The molecule has 0 aromatic rings. The van der Waals surface area contributed by atoms with Crippen LogP contribution in [0.4, 0.5) is 0 Å². The Morgan fingerprint density at radius 3 is 2.31 bits per heavy atom. The molecule has 1 aliphatic heterocycles. The fourth-order valence-corrected chi connectivity index (χ4v) is 4.06. The first-order valence-electron chi connectivity index (χ1n) is 13.1. The molecule has 6 nitrogen and oxygen atoms in total. The Morgan fingerprint density at radius 2 is 1.59 bits per heavy atom. The van der Waals surface area contributed by atoms with Gasteiger partial charge in [0, 0.05) is 26.1 Å². The normalized spacial score (nSPS) is 16.8. The van der Waals surface area contributed by atoms with Gasteiger partial charge in [0.05, 0.1) is 13.0 Å². The molecule has 0 radical (unpaired) electrons. The number of likely N-dealkylation sites (tertiary alicyclic amines) is 1. The van der Waals surface area contributed by atoms with Gasteiger partial charge in [0.25, 0.3) is 0 Å². The number of ether oxygens (including phenoxy) is 2. The molecular weight excluding hydrogens is 404 g/mol. The maximum absolute atomic E-state index is 11.9. The first-order valence-corrected chi connectivity index (χ1v) is 13.1. The first kappa shape index (κ1) is 28.9. The van der Waals surface area contributed by atoms with Crippen LogP contribution in [0.3, 0.4) is 0 Å². The second kappa shape index (κ2) is 18.3. The second-order valence-electron chi connectivity index (χ2n) is 10.1. The van der Waals surface area contributed by atoms with Crippen LogP contribution < -0.4 is 0 Å². The van der Waals surface area contributed by atoms with Crippen LogP contribution in [0.1, 0.15) is 97.3 Å². The Hall–Kier alpha value is -1.14. The van der Waals surface area contributed by atoms with Gasteiger partial charge in [-0.1, -0.05) is 58.8 Å². The van der Waals surface area contributed by atoms with Crippen molar-refractivity contribution in [1.29, 1.82) is 0 Å². The summed E-state index contributed by atoms with van der Waals surface area (Å²) < 4.78 is 10.9. The highest BCUT2D eigenvalue weighted by Gasteiger charge is 2.25. The number of hydrogen-bond acceptors (Lipinski definition) is 6. The van der Waals surface area contributed by atoms with Gasteiger partial charge < -0.3 is 14.4 Å². The van der Waals surface area contributed by atoms with Crippen LogP contribution in [0.15, 0.2) is 0 Å². The molecule has 1 heterocycles. The quantitative estimate of drug-likeness (QED) is 0.201. The van der Waals surface area contributed by atoms with Gasteiger partial charge in [-0.2, -0.15) is 0 Å². The molecule has 0 spiro atoms. The predicted molar refractivity (Wildman–Crippen MR) is 131 cm³/mol. The van der Waals surface area contributed by atoms with Crippen molar-refractivity contribution >= 4 is 11.9 Å². The van der Waals surface area contributed by atoms with Crippen molar-refractivity contribution in [3.05, 3.63) is 0 Å². The van der Waals surface area contributed by atoms with E-state index in [9.17, 15) is 9.59 Å². The highest BCUT2D eigenvalue weighted by Crippen LogP contribution is 2.15. The number of rotatable bonds is 19. The Labute approximate surface area is 197 Å². The zero-order chi connectivity index (χ0) is 23.6. The fraction of sp³-hybridized carbons (Fsp3) is 0.923. The molecule has 0 aromatic heterocycles. The van der Waals surface area contributed by atoms with E-state index in [0.717, 1.165) is 70.6 Å². The van der Waals surface area contributed by atoms with Crippen molar-refractivity contribution in [3.8, 4) is 0 Å². The third kappa shape index (κ3) is 16.5. The van der Waals surface area contributed by atoms with Gasteiger partial charge in [-0.25, -0.2) is 0 Å². The van der Waals surface area contributed by atoms with Gasteiger partial charge in [0.2, 0.25) is 0 Å². The van der Waals surface area contributed by atoms with Crippen LogP contribution in [-0.4, -0.2) is 74.7 Å². The van der Waals surface area contributed by atoms with Crippen LogP contribution >= 0.6 is 0 Å². The van der Waals surface area contributed by atoms with Crippen molar-refractivity contribution in [2.75, 3.05) is 46.9 Å². The highest BCUT2D eigenvalue weighted by atomic mass is 16.5. The largest absolute Gasteiger partial charge is 0.466 e. The molecule has 0 bridgehead atoms. The van der Waals surface area contributed by atoms with Gasteiger partial charge >= 0.3 is 11.9 Å². The average molecular weight is 455 g/mol. The third-order valence-corrected chi connectivity index (χ3v) is 6.08. The number of unbranched alkanes of at least 4 members (excludes halogenated alkanes) is 7. The van der Waals surface area contributed by atoms with Crippen molar-refractivity contribution in [2.45, 2.75) is 103 Å². The van der Waals surface area contributed by atoms with E-state index in [-0.39, 0.29) is 18.0 Å². The standard InChI is InChI=1S/C26H50N2O4/c1-23(2)14-10-7-5-6-8-13-21-31-25(29)15-11-9-12-18-28-20-16-24(22-28)32-26(30)17-19-27(3)4/h23-24H,5-22H2,1-4H3. The van der Waals surface area contributed by atoms with Gasteiger partial charge in [-0.15, -0.1) is 0 Å². The van der Waals surface area contributed by atoms with Crippen LogP contribution in [0.25, 0.3) is 0 Å². The molecule has 0 N–H and O–H groups in total. The van der Waals surface area contributed by atoms with E-state index in [2.05, 4.69) is 18.7 Å². The predicted octanol–water partition coefficient (Wildman–Crippen LogP) is 5.05. The maximum Gasteiger partial charge on any atom is 0.307 e. The minimum absolute atomic E-state index is 0.0414. The van der Waals surface area contributed by atoms with Crippen molar-refractivity contribution in [2.24, 2.45) is 5.92 Å². The third-order valence-electron chi connectivity index (χ3n) is 6.08. The summed E-state index contributed by atoms with van der Waals surface area (Å²) in [7, 11) is 3.92. The van der Waals surface area contributed by atoms with E-state index in [1.165, 1.54) is 32.1 Å². The Balaban J connectivity index is 1.89. The molecule has 1 fully saturated rings. The lowest BCUT2D eigenvalue weighted by atomic mass is 10.0. The second-order valence-corrected chi connectivity index (χ2v) is 10.1. The van der Waals surface area contributed by atoms with E-state index in [1.54, 1.807) is 0 Å². The fourth-order valence-electron chi connectivity index (χ4n) is 4.06. The van der Waals surface area contributed by atoms with Gasteiger partial charge in [-0.3, -0.25) is 14.5 Å². The Kier molecular flexibility index (Phi) is 16.5. The van der Waals surface area contributed by atoms with E-state index in [1.807, 2.05) is 19.0 Å². The summed E-state index contributed by atoms with van der Waals surface area (Å²) >= 11 is 0. The average Bonchev–Trinajstić information content (AvgIpc) is 3.17. The van der Waals surface area contributed by atoms with E-state index >= 15 is 0 Å². The Morgan fingerprint density at radius 1 is 0.906 bits per heavy atom. The van der Waals surface area contributed by atoms with E-state index in [0.29, 0.717) is 19.4 Å². The lowest BCUT2D eigenvalue weighted by Crippen LogP contribution is -2.27. The molecule has 188 valence electrons. The maximum atomic E-state index is 11.9. The smallest absolute Gasteiger partial charge is 0.307 e. The SMILES string of the molecule is CC(C)CCCCCCCCOC(=O)CCCCCN1CCC(OC(=O)CCN(C)C)C1. The summed E-state index contributed by atoms with van der Waals surface area (Å²) in [4.78, 5) is 28.1. The summed E-state index contributed by atoms with van der Waals surface area (Å²) in [6.07, 6.45) is 13.7. The molecule has 0 aromatic carbocycles. The van der Waals surface area contributed by atoms with Crippen molar-refractivity contribution < 1.29 is 19.1 Å². The number of nitrogens with zero attached hydrogens (tertiary/aromatic N) is 2. The molecule has 1 unspecified atom stereocenters. The van der Waals surface area contributed by atoms with Crippen LogP contribution in [-0.2, 0) is 19.1 Å². The molecule has 1 atom stereocenters. The summed E-state index contributed by atoms with van der Waals surface area (Å²) in [6, 6.07) is 0. The number of hydrogen-bond donors (Lipinski definition) is 0. The number of carbonyl (C=O) groups excluding carboxylic acids is 2. The summed E-state index contributed by atoms with van der Waals surface area (Å²) in [5.41, 5.74) is 0. The molecule has 6 heteroatoms. The van der Waals surface area contributed by atoms with Gasteiger partial charge in [0.1, 0.15) is 6.10 Å². The molecule has 1 rings (SSSR count). The van der Waals surface area contributed by atoms with Gasteiger partial charge in [0.15, 0.2) is 0 Å². The molecule has 1 aliphatic rings. The molecule has 1 saturated heterocycles. The zero-order valence-electron chi connectivity index (χ0n) is 21.4. The lowest BCUT2D eigenvalue weighted by Gasteiger charge is -2.16. The van der Waals surface area contributed by atoms with Crippen LogP contribution in [0, 0.1) is 5.92 Å². The monoisotopic (exact) mass is 454 g/mol. The first-order chi connectivity index (χ1) is 15.4. The molecule has 32 heavy (non-hydrogen) atoms. The summed E-state index contributed by atoms with van der Waals surface area (Å²) in [6.45, 7) is 8.72. The molecule has 0 saturated carbocycles. The molecule has 0 aliphatic carbocycles. The number of esters is 2. The molecular formula is C26H50N2O4. The zero-order valence-corrected chi connectivity index (χ0v) is 21.4. The van der Waals surface area contributed by atoms with Crippen molar-refractivity contribution in [1.82, 2.24) is 9.80 Å². The van der Waals surface area contributed by atoms with Crippen molar-refractivity contribution in [3.63, 3.8) is 0 Å². The lowest BCUT2D eigenvalue weighted by molar-refractivity contribution is -0.148. The van der Waals surface area contributed by atoms with E-state index in [4.69, 9.17) is 9.47 Å². The summed E-state index contributed by atoms with van der Waals surface area (Å²) in [5.74, 6) is 0.676. The van der Waals surface area contributed by atoms with Crippen LogP contribution in [0.5, 0.6) is 0 Å². The molecule has 0 amide bonds. The van der Waals surface area contributed by atoms with E-state index < -0.39 is 0 Å².